The van der Waals surface area contributed by atoms with Crippen LogP contribution < -0.4 is 5.43 Å². The molecule has 4 heteroatoms. The zero-order chi connectivity index (χ0) is 17.1. The molecule has 24 heavy (non-hydrogen) atoms. The molecule has 0 aliphatic heterocycles. The van der Waals surface area contributed by atoms with Crippen LogP contribution in [0.1, 0.15) is 19.4 Å². The number of nitrogens with zero attached hydrogens (tertiary/aromatic N) is 1. The molecule has 0 radical (unpaired) electrons. The maximum Gasteiger partial charge on any atom is 0.190 e. The van der Waals surface area contributed by atoms with E-state index >= 15 is 0 Å². The minimum absolute atomic E-state index is 0.0941. The average molecular weight is 324 g/mol. The molecule has 0 saturated heterocycles. The molecule has 0 unspecified atom stereocenters. The van der Waals surface area contributed by atoms with Crippen LogP contribution in [0.2, 0.25) is 0 Å². The Bertz CT molecular complexity index is 913. The van der Waals surface area contributed by atoms with E-state index in [9.17, 15) is 9.18 Å². The van der Waals surface area contributed by atoms with Crippen LogP contribution >= 0.6 is 0 Å². The van der Waals surface area contributed by atoms with Crippen molar-refractivity contribution in [2.24, 2.45) is 0 Å². The minimum atomic E-state index is -0.342. The lowest BCUT2D eigenvalue weighted by Crippen LogP contribution is -2.22. The highest BCUT2D eigenvalue weighted by atomic mass is 19.1. The Morgan fingerprint density at radius 2 is 1.79 bits per heavy atom. The maximum atomic E-state index is 14.0. The number of hydrogen-bond donors (Lipinski definition) is 1. The maximum absolute atomic E-state index is 14.0. The molecule has 1 aromatic heterocycles. The van der Waals surface area contributed by atoms with E-state index in [4.69, 9.17) is 0 Å². The zero-order valence-corrected chi connectivity index (χ0v) is 14.0. The third-order valence-corrected chi connectivity index (χ3v) is 4.36. The lowest BCUT2D eigenvalue weighted by atomic mass is 10.1. The Morgan fingerprint density at radius 1 is 1.04 bits per heavy atom. The van der Waals surface area contributed by atoms with Crippen LogP contribution in [0.4, 0.5) is 4.39 Å². The predicted octanol–water partition coefficient (Wildman–Crippen LogP) is 4.18. The van der Waals surface area contributed by atoms with Crippen molar-refractivity contribution in [2.75, 3.05) is 13.1 Å². The SMILES string of the molecule is CCN(CC)Cc1ccc2[nH]c(-c3ccccc3F)cc(=O)c2c1. The molecular weight excluding hydrogens is 303 g/mol. The van der Waals surface area contributed by atoms with Gasteiger partial charge in [-0.2, -0.15) is 0 Å². The third kappa shape index (κ3) is 3.24. The summed E-state index contributed by atoms with van der Waals surface area (Å²) in [5, 5.41) is 0.639. The van der Waals surface area contributed by atoms with Crippen molar-refractivity contribution >= 4 is 10.9 Å². The average Bonchev–Trinajstić information content (AvgIpc) is 2.60. The van der Waals surface area contributed by atoms with Gasteiger partial charge in [0, 0.05) is 29.1 Å². The van der Waals surface area contributed by atoms with E-state index in [-0.39, 0.29) is 11.2 Å². The van der Waals surface area contributed by atoms with Gasteiger partial charge in [-0.15, -0.1) is 0 Å². The third-order valence-electron chi connectivity index (χ3n) is 4.36. The standard InChI is InChI=1S/C20H21FN2O/c1-3-23(4-2)13-14-9-10-18-16(11-14)20(24)12-19(22-18)15-7-5-6-8-17(15)21/h5-12H,3-4,13H2,1-2H3,(H,22,24). The summed E-state index contributed by atoms with van der Waals surface area (Å²) in [5.74, 6) is -0.342. The van der Waals surface area contributed by atoms with Crippen molar-refractivity contribution in [1.82, 2.24) is 9.88 Å². The first-order valence-electron chi connectivity index (χ1n) is 8.25. The van der Waals surface area contributed by atoms with Crippen LogP contribution in [-0.2, 0) is 6.54 Å². The van der Waals surface area contributed by atoms with E-state index in [1.807, 2.05) is 18.2 Å². The molecule has 3 rings (SSSR count). The molecule has 1 heterocycles. The number of hydrogen-bond acceptors (Lipinski definition) is 2. The number of pyridine rings is 1. The minimum Gasteiger partial charge on any atom is -0.354 e. The molecular formula is C20H21FN2O. The number of fused-ring (bicyclic) bond motifs is 1. The summed E-state index contributed by atoms with van der Waals surface area (Å²) in [5.41, 5.74) is 2.65. The van der Waals surface area contributed by atoms with Crippen LogP contribution in [0.15, 0.2) is 53.3 Å². The topological polar surface area (TPSA) is 36.1 Å². The number of halogens is 1. The van der Waals surface area contributed by atoms with Crippen LogP contribution in [0, 0.1) is 5.82 Å². The summed E-state index contributed by atoms with van der Waals surface area (Å²) in [6.07, 6.45) is 0. The Hall–Kier alpha value is -2.46. The molecule has 0 spiro atoms. The Morgan fingerprint density at radius 3 is 2.50 bits per heavy atom. The van der Waals surface area contributed by atoms with Gasteiger partial charge >= 0.3 is 0 Å². The largest absolute Gasteiger partial charge is 0.354 e. The molecule has 1 N–H and O–H groups in total. The fourth-order valence-corrected chi connectivity index (χ4v) is 2.92. The van der Waals surface area contributed by atoms with Crippen LogP contribution in [0.3, 0.4) is 0 Å². The van der Waals surface area contributed by atoms with Gasteiger partial charge in [-0.1, -0.05) is 32.0 Å². The van der Waals surface area contributed by atoms with E-state index in [1.54, 1.807) is 18.2 Å². The highest BCUT2D eigenvalue weighted by molar-refractivity contribution is 5.82. The van der Waals surface area contributed by atoms with Crippen LogP contribution in [0.5, 0.6) is 0 Å². The van der Waals surface area contributed by atoms with E-state index in [2.05, 4.69) is 23.7 Å². The molecule has 0 bridgehead atoms. The van der Waals surface area contributed by atoms with Crippen LogP contribution in [0.25, 0.3) is 22.2 Å². The number of H-pyrrole nitrogens is 1. The summed E-state index contributed by atoms with van der Waals surface area (Å²) in [6.45, 7) is 7.00. The Labute approximate surface area is 140 Å². The molecule has 0 saturated carbocycles. The molecule has 0 amide bonds. The van der Waals surface area contributed by atoms with Gasteiger partial charge in [0.2, 0.25) is 0 Å². The fourth-order valence-electron chi connectivity index (χ4n) is 2.92. The normalized spacial score (nSPS) is 11.3. The van der Waals surface area contributed by atoms with Gasteiger partial charge in [0.1, 0.15) is 5.82 Å². The summed E-state index contributed by atoms with van der Waals surface area (Å²) in [6, 6.07) is 13.8. The number of aromatic amines is 1. The molecule has 3 aromatic rings. The van der Waals surface area contributed by atoms with Gasteiger partial charge in [-0.3, -0.25) is 9.69 Å². The second kappa shape index (κ2) is 6.97. The number of benzene rings is 2. The molecule has 124 valence electrons. The molecule has 0 aliphatic carbocycles. The second-order valence-electron chi connectivity index (χ2n) is 5.87. The number of aromatic nitrogens is 1. The smallest absolute Gasteiger partial charge is 0.190 e. The fraction of sp³-hybridized carbons (Fsp3) is 0.250. The van der Waals surface area contributed by atoms with Crippen LogP contribution in [-0.4, -0.2) is 23.0 Å². The first kappa shape index (κ1) is 16.4. The van der Waals surface area contributed by atoms with Crippen molar-refractivity contribution in [1.29, 1.82) is 0 Å². The Kier molecular flexibility index (Phi) is 4.76. The monoisotopic (exact) mass is 324 g/mol. The summed E-state index contributed by atoms with van der Waals surface area (Å²) < 4.78 is 14.0. The van der Waals surface area contributed by atoms with E-state index in [0.29, 0.717) is 16.6 Å². The predicted molar refractivity (Wildman–Crippen MR) is 96.6 cm³/mol. The van der Waals surface area contributed by atoms with Gasteiger partial charge in [-0.05, 0) is 42.9 Å². The van der Waals surface area contributed by atoms with Gasteiger partial charge in [0.05, 0.1) is 5.69 Å². The zero-order valence-electron chi connectivity index (χ0n) is 14.0. The first-order chi connectivity index (χ1) is 11.6. The van der Waals surface area contributed by atoms with Gasteiger partial charge < -0.3 is 4.98 Å². The number of nitrogens with one attached hydrogen (secondary N) is 1. The lowest BCUT2D eigenvalue weighted by molar-refractivity contribution is 0.296. The van der Waals surface area contributed by atoms with Gasteiger partial charge in [0.15, 0.2) is 5.43 Å². The highest BCUT2D eigenvalue weighted by Gasteiger charge is 2.09. The number of rotatable bonds is 5. The quantitative estimate of drug-likeness (QED) is 0.764. The van der Waals surface area contributed by atoms with E-state index in [1.165, 1.54) is 12.1 Å². The van der Waals surface area contributed by atoms with Gasteiger partial charge in [-0.25, -0.2) is 4.39 Å². The molecule has 2 aromatic carbocycles. The lowest BCUT2D eigenvalue weighted by Gasteiger charge is -2.18. The van der Waals surface area contributed by atoms with Gasteiger partial charge in [0.25, 0.3) is 0 Å². The summed E-state index contributed by atoms with van der Waals surface area (Å²) in [7, 11) is 0. The highest BCUT2D eigenvalue weighted by Crippen LogP contribution is 2.22. The first-order valence-corrected chi connectivity index (χ1v) is 8.25. The van der Waals surface area contributed by atoms with Crippen molar-refractivity contribution in [3.8, 4) is 11.3 Å². The summed E-state index contributed by atoms with van der Waals surface area (Å²) in [4.78, 5) is 18.0. The second-order valence-corrected chi connectivity index (χ2v) is 5.87. The molecule has 3 nitrogen and oxygen atoms in total. The van der Waals surface area contributed by atoms with Crippen molar-refractivity contribution in [2.45, 2.75) is 20.4 Å². The van der Waals surface area contributed by atoms with Crippen molar-refractivity contribution in [3.63, 3.8) is 0 Å². The van der Waals surface area contributed by atoms with E-state index in [0.717, 1.165) is 30.7 Å². The van der Waals surface area contributed by atoms with E-state index < -0.39 is 0 Å². The summed E-state index contributed by atoms with van der Waals surface area (Å²) >= 11 is 0. The molecule has 0 atom stereocenters. The van der Waals surface area contributed by atoms with Crippen molar-refractivity contribution in [3.05, 3.63) is 70.1 Å². The van der Waals surface area contributed by atoms with Crippen molar-refractivity contribution < 1.29 is 4.39 Å². The molecule has 0 fully saturated rings. The molecule has 0 aliphatic rings. The Balaban J connectivity index is 2.05.